The Morgan fingerprint density at radius 3 is 2.76 bits per heavy atom. The first-order valence-electron chi connectivity index (χ1n) is 8.96. The Balaban J connectivity index is 1.67. The molecule has 8 nitrogen and oxygen atoms in total. The average Bonchev–Trinajstić information content (AvgIpc) is 2.71. The summed E-state index contributed by atoms with van der Waals surface area (Å²) in [6.07, 6.45) is 1.86. The normalized spacial score (nSPS) is 15.2. The zero-order chi connectivity index (χ0) is 20.9. The second kappa shape index (κ2) is 8.67. The van der Waals surface area contributed by atoms with Crippen LogP contribution in [0.2, 0.25) is 0 Å². The van der Waals surface area contributed by atoms with Crippen LogP contribution in [0.15, 0.2) is 36.5 Å². The Morgan fingerprint density at radius 2 is 2.03 bits per heavy atom. The predicted octanol–water partition coefficient (Wildman–Crippen LogP) is 1.91. The zero-order valence-electron chi connectivity index (χ0n) is 15.4. The van der Waals surface area contributed by atoms with Gasteiger partial charge >= 0.3 is 0 Å². The van der Waals surface area contributed by atoms with Crippen molar-refractivity contribution in [3.05, 3.63) is 53.6 Å². The molecule has 0 spiro atoms. The van der Waals surface area contributed by atoms with Crippen molar-refractivity contribution in [2.45, 2.75) is 24.8 Å². The highest BCUT2D eigenvalue weighted by molar-refractivity contribution is 5.96. The Hall–Kier alpha value is -3.51. The lowest BCUT2D eigenvalue weighted by Gasteiger charge is -2.31. The molecule has 3 rings (SSSR count). The van der Waals surface area contributed by atoms with Gasteiger partial charge in [0.1, 0.15) is 22.8 Å². The van der Waals surface area contributed by atoms with Crippen molar-refractivity contribution >= 4 is 17.5 Å². The summed E-state index contributed by atoms with van der Waals surface area (Å²) in [7, 11) is 0. The number of halogens is 1. The summed E-state index contributed by atoms with van der Waals surface area (Å²) in [6.45, 7) is 0.759. The van der Waals surface area contributed by atoms with Crippen molar-refractivity contribution in [1.82, 2.24) is 10.3 Å². The van der Waals surface area contributed by atoms with Crippen LogP contribution in [0.5, 0.6) is 5.75 Å². The molecule has 9 heteroatoms. The number of nitrogens with one attached hydrogen (secondary N) is 2. The first-order chi connectivity index (χ1) is 13.9. The molecule has 0 saturated carbocycles. The number of aromatic hydroxyl groups is 1. The molecule has 1 aromatic carbocycles. The Labute approximate surface area is 166 Å². The van der Waals surface area contributed by atoms with Gasteiger partial charge in [0.15, 0.2) is 0 Å². The smallest absolute Gasteiger partial charge is 0.271 e. The fraction of sp³-hybridized carbons (Fsp3) is 0.300. The number of hydrogen-bond donors (Lipinski definition) is 3. The maximum atomic E-state index is 13.3. The van der Waals surface area contributed by atoms with E-state index in [1.165, 1.54) is 24.4 Å². The summed E-state index contributed by atoms with van der Waals surface area (Å²) >= 11 is 0. The number of phenols is 1. The van der Waals surface area contributed by atoms with E-state index in [-0.39, 0.29) is 23.4 Å². The van der Waals surface area contributed by atoms with Crippen LogP contribution in [0.25, 0.3) is 0 Å². The number of carbonyl (C=O) groups is 2. The van der Waals surface area contributed by atoms with Crippen LogP contribution in [-0.4, -0.2) is 40.7 Å². The molecule has 0 aliphatic carbocycles. The van der Waals surface area contributed by atoms with Gasteiger partial charge in [-0.1, -0.05) is 0 Å². The van der Waals surface area contributed by atoms with Gasteiger partial charge in [-0.2, -0.15) is 5.26 Å². The second-order valence-electron chi connectivity index (χ2n) is 6.69. The molecule has 0 radical (unpaired) electrons. The monoisotopic (exact) mass is 398 g/mol. The van der Waals surface area contributed by atoms with Gasteiger partial charge in [0, 0.05) is 43.5 Å². The third-order valence-corrected chi connectivity index (χ3v) is 4.58. The summed E-state index contributed by atoms with van der Waals surface area (Å²) in [5.41, 5.74) is -0.517. The molecular weight excluding hydrogens is 379 g/mol. The first kappa shape index (κ1) is 20.2. The molecule has 1 aliphatic rings. The number of nitrogens with zero attached hydrogens (tertiary/aromatic N) is 2. The van der Waals surface area contributed by atoms with Crippen molar-refractivity contribution in [3.8, 4) is 11.8 Å². The number of rotatable bonds is 5. The highest BCUT2D eigenvalue weighted by Crippen LogP contribution is 2.21. The number of hydrogen-bond acceptors (Lipinski definition) is 6. The number of anilines is 1. The molecule has 0 unspecified atom stereocenters. The van der Waals surface area contributed by atoms with Crippen molar-refractivity contribution in [2.75, 3.05) is 18.5 Å². The van der Waals surface area contributed by atoms with E-state index < -0.39 is 23.2 Å². The molecule has 1 saturated heterocycles. The van der Waals surface area contributed by atoms with E-state index in [0.717, 1.165) is 12.1 Å². The van der Waals surface area contributed by atoms with Gasteiger partial charge in [0.25, 0.3) is 5.91 Å². The molecule has 2 aromatic rings. The predicted molar refractivity (Wildman–Crippen MR) is 100 cm³/mol. The van der Waals surface area contributed by atoms with E-state index in [2.05, 4.69) is 21.7 Å². The number of phenolic OH excluding ortho intramolecular Hbond substituents is 1. The van der Waals surface area contributed by atoms with Gasteiger partial charge in [-0.05, 0) is 30.3 Å². The lowest BCUT2D eigenvalue weighted by Crippen LogP contribution is -2.51. The van der Waals surface area contributed by atoms with Gasteiger partial charge in [0.05, 0.1) is 12.5 Å². The topological polar surface area (TPSA) is 124 Å². The maximum absolute atomic E-state index is 13.3. The Morgan fingerprint density at radius 1 is 1.28 bits per heavy atom. The van der Waals surface area contributed by atoms with Crippen LogP contribution < -0.4 is 10.6 Å². The number of benzene rings is 1. The Kier molecular flexibility index (Phi) is 6.04. The maximum Gasteiger partial charge on any atom is 0.271 e. The van der Waals surface area contributed by atoms with Gasteiger partial charge < -0.3 is 20.5 Å². The molecule has 3 N–H and O–H groups in total. The largest absolute Gasteiger partial charge is 0.508 e. The van der Waals surface area contributed by atoms with Crippen LogP contribution >= 0.6 is 0 Å². The average molecular weight is 398 g/mol. The molecule has 2 amide bonds. The fourth-order valence-electron chi connectivity index (χ4n) is 2.97. The number of pyridine rings is 1. The molecule has 29 heavy (non-hydrogen) atoms. The molecule has 1 aliphatic heterocycles. The third-order valence-electron chi connectivity index (χ3n) is 4.58. The van der Waals surface area contributed by atoms with Crippen LogP contribution in [-0.2, 0) is 16.0 Å². The third kappa shape index (κ3) is 5.06. The summed E-state index contributed by atoms with van der Waals surface area (Å²) in [6, 6.07) is 8.36. The van der Waals surface area contributed by atoms with Crippen molar-refractivity contribution < 1.29 is 23.8 Å². The van der Waals surface area contributed by atoms with Gasteiger partial charge in [-0.15, -0.1) is 0 Å². The lowest BCUT2D eigenvalue weighted by molar-refractivity contribution is -0.115. The number of amides is 2. The van der Waals surface area contributed by atoms with Crippen LogP contribution in [0.4, 0.5) is 10.1 Å². The molecule has 2 heterocycles. The highest BCUT2D eigenvalue weighted by Gasteiger charge is 2.34. The van der Waals surface area contributed by atoms with E-state index in [4.69, 9.17) is 4.74 Å². The second-order valence-corrected chi connectivity index (χ2v) is 6.69. The highest BCUT2D eigenvalue weighted by atomic mass is 19.1. The van der Waals surface area contributed by atoms with E-state index in [0.29, 0.717) is 31.7 Å². The van der Waals surface area contributed by atoms with Gasteiger partial charge in [-0.3, -0.25) is 14.6 Å². The van der Waals surface area contributed by atoms with E-state index in [1.54, 1.807) is 0 Å². The molecular formula is C20H19FN4O4. The minimum atomic E-state index is -1.01. The van der Waals surface area contributed by atoms with Gasteiger partial charge in [-0.25, -0.2) is 4.39 Å². The zero-order valence-corrected chi connectivity index (χ0v) is 15.4. The first-order valence-corrected chi connectivity index (χ1v) is 8.96. The Bertz CT molecular complexity index is 967. The molecule has 1 fully saturated rings. The van der Waals surface area contributed by atoms with E-state index >= 15 is 0 Å². The molecule has 150 valence electrons. The fourth-order valence-corrected chi connectivity index (χ4v) is 2.97. The minimum Gasteiger partial charge on any atom is -0.508 e. The summed E-state index contributed by atoms with van der Waals surface area (Å²) in [5, 5.41) is 24.5. The number of aromatic nitrogens is 1. The number of carbonyl (C=O) groups excluding carboxylic acids is 2. The number of nitriles is 1. The summed E-state index contributed by atoms with van der Waals surface area (Å²) < 4.78 is 18.5. The van der Waals surface area contributed by atoms with E-state index in [9.17, 15) is 24.3 Å². The van der Waals surface area contributed by atoms with Crippen LogP contribution in [0, 0.1) is 17.1 Å². The SMILES string of the molecule is N#CC1(NC(=O)c2cc(NC(=O)Cc3cc(F)ccc3O)ccn2)CCOCC1. The standard InChI is InChI=1S/C20H19FN4O4/c21-14-1-2-17(26)13(9-14)10-18(27)24-15-3-6-23-16(11-15)19(28)25-20(12-22)4-7-29-8-5-20/h1-3,6,9,11,26H,4-5,7-8,10H2,(H,25,28)(H,23,24,27). The van der Waals surface area contributed by atoms with Crippen LogP contribution in [0.1, 0.15) is 28.9 Å². The quantitative estimate of drug-likeness (QED) is 0.707. The van der Waals surface area contributed by atoms with Crippen molar-refractivity contribution in [2.24, 2.45) is 0 Å². The summed E-state index contributed by atoms with van der Waals surface area (Å²) in [5.74, 6) is -1.78. The van der Waals surface area contributed by atoms with Crippen molar-refractivity contribution in [3.63, 3.8) is 0 Å². The van der Waals surface area contributed by atoms with Crippen LogP contribution in [0.3, 0.4) is 0 Å². The van der Waals surface area contributed by atoms with Gasteiger partial charge in [0.2, 0.25) is 5.91 Å². The summed E-state index contributed by atoms with van der Waals surface area (Å²) in [4.78, 5) is 28.7. The lowest BCUT2D eigenvalue weighted by atomic mass is 9.91. The molecule has 0 atom stereocenters. The molecule has 0 bridgehead atoms. The minimum absolute atomic E-state index is 0.0394. The number of ether oxygens (including phenoxy) is 1. The van der Waals surface area contributed by atoms with E-state index in [1.807, 2.05) is 0 Å². The molecule has 1 aromatic heterocycles. The van der Waals surface area contributed by atoms with Crippen molar-refractivity contribution in [1.29, 1.82) is 5.26 Å².